The Morgan fingerprint density at radius 3 is 3.00 bits per heavy atom. The maximum Gasteiger partial charge on any atom is 0.303 e. The molecule has 0 spiro atoms. The molecule has 3 atom stereocenters. The molecular formula is C17H19N5O3. The number of rotatable bonds is 3. The summed E-state index contributed by atoms with van der Waals surface area (Å²) >= 11 is 0. The predicted octanol–water partition coefficient (Wildman–Crippen LogP) is 2.42. The minimum absolute atomic E-state index is 0.000590. The van der Waals surface area contributed by atoms with Gasteiger partial charge in [0.05, 0.1) is 35.1 Å². The van der Waals surface area contributed by atoms with E-state index < -0.39 is 4.92 Å². The quantitative estimate of drug-likeness (QED) is 0.632. The van der Waals surface area contributed by atoms with E-state index in [1.807, 2.05) is 33.7 Å². The lowest BCUT2D eigenvalue weighted by Crippen LogP contribution is -2.46. The molecule has 0 amide bonds. The van der Waals surface area contributed by atoms with Gasteiger partial charge < -0.3 is 9.64 Å². The van der Waals surface area contributed by atoms with Crippen LogP contribution in [-0.4, -0.2) is 44.8 Å². The van der Waals surface area contributed by atoms with Gasteiger partial charge in [0, 0.05) is 18.6 Å². The molecule has 0 N–H and O–H groups in total. The van der Waals surface area contributed by atoms with Crippen LogP contribution in [0.2, 0.25) is 0 Å². The minimum atomic E-state index is -0.400. The Hall–Kier alpha value is -2.74. The number of hydrogen-bond acceptors (Lipinski definition) is 6. The highest BCUT2D eigenvalue weighted by Crippen LogP contribution is 2.32. The monoisotopic (exact) mass is 341 g/mol. The molecule has 0 aliphatic carbocycles. The Bertz CT molecular complexity index is 859. The number of aliphatic imine (C=N–C) groups is 1. The molecule has 1 fully saturated rings. The number of para-hydroxylation sites is 2. The van der Waals surface area contributed by atoms with E-state index in [1.165, 1.54) is 6.21 Å². The number of fused-ring (bicyclic) bond motifs is 1. The molecule has 0 bridgehead atoms. The number of ether oxygens (including phenoxy) is 1. The van der Waals surface area contributed by atoms with Gasteiger partial charge in [0.2, 0.25) is 6.29 Å². The lowest BCUT2D eigenvalue weighted by atomic mass is 9.96. The van der Waals surface area contributed by atoms with E-state index in [2.05, 4.69) is 16.9 Å². The third kappa shape index (κ3) is 2.78. The lowest BCUT2D eigenvalue weighted by Gasteiger charge is -2.41. The van der Waals surface area contributed by atoms with Crippen LogP contribution in [0.15, 0.2) is 47.5 Å². The van der Waals surface area contributed by atoms with Gasteiger partial charge in [-0.25, -0.2) is 9.98 Å². The average Bonchev–Trinajstić information content (AvgIpc) is 3.05. The zero-order valence-corrected chi connectivity index (χ0v) is 13.9. The zero-order chi connectivity index (χ0) is 17.4. The molecule has 1 saturated heterocycles. The van der Waals surface area contributed by atoms with Crippen molar-refractivity contribution in [2.75, 3.05) is 13.2 Å². The Morgan fingerprint density at radius 1 is 1.36 bits per heavy atom. The molecule has 3 heterocycles. The van der Waals surface area contributed by atoms with Crippen molar-refractivity contribution in [3.05, 3.63) is 52.6 Å². The van der Waals surface area contributed by atoms with Crippen LogP contribution in [-0.2, 0) is 4.74 Å². The van der Waals surface area contributed by atoms with E-state index in [9.17, 15) is 10.1 Å². The number of allylic oxidation sites excluding steroid dienone is 1. The molecule has 2 aliphatic heterocycles. The third-order valence-electron chi connectivity index (χ3n) is 4.81. The first-order chi connectivity index (χ1) is 12.1. The van der Waals surface area contributed by atoms with E-state index in [0.717, 1.165) is 17.5 Å². The summed E-state index contributed by atoms with van der Waals surface area (Å²) in [6.45, 7) is 3.39. The summed E-state index contributed by atoms with van der Waals surface area (Å²) < 4.78 is 7.49. The van der Waals surface area contributed by atoms with Crippen LogP contribution in [0.3, 0.4) is 0 Å². The van der Waals surface area contributed by atoms with E-state index in [0.29, 0.717) is 13.2 Å². The van der Waals surface area contributed by atoms with Gasteiger partial charge in [-0.15, -0.1) is 0 Å². The van der Waals surface area contributed by atoms with Gasteiger partial charge >= 0.3 is 5.70 Å². The normalized spacial score (nSPS) is 26.7. The van der Waals surface area contributed by atoms with Gasteiger partial charge in [-0.1, -0.05) is 19.1 Å². The van der Waals surface area contributed by atoms with E-state index in [1.54, 1.807) is 12.5 Å². The van der Waals surface area contributed by atoms with Crippen LogP contribution in [0.5, 0.6) is 0 Å². The van der Waals surface area contributed by atoms with Crippen LogP contribution < -0.4 is 0 Å². The fourth-order valence-corrected chi connectivity index (χ4v) is 3.52. The van der Waals surface area contributed by atoms with Crippen molar-refractivity contribution < 1.29 is 9.66 Å². The molecular weight excluding hydrogens is 322 g/mol. The molecule has 25 heavy (non-hydrogen) atoms. The first-order valence-corrected chi connectivity index (χ1v) is 8.31. The van der Waals surface area contributed by atoms with Gasteiger partial charge in [0.15, 0.2) is 0 Å². The van der Waals surface area contributed by atoms with Crippen LogP contribution in [0, 0.1) is 16.0 Å². The maximum atomic E-state index is 11.2. The van der Waals surface area contributed by atoms with Crippen molar-refractivity contribution in [2.45, 2.75) is 25.7 Å². The van der Waals surface area contributed by atoms with Gasteiger partial charge in [0.1, 0.15) is 6.21 Å². The summed E-state index contributed by atoms with van der Waals surface area (Å²) in [6, 6.07) is 7.93. The standard InChI is InChI=1S/C17H19N5O3/c1-12-10-25-7-6-15(12)20-9-13(22(23)24)8-18-17(20)21-11-19-14-4-2-3-5-16(14)21/h2-5,8-9,11-12,15,17H,6-7,10H2,1H3/t12-,15+,17?/m1/s1. The Balaban J connectivity index is 1.77. The van der Waals surface area contributed by atoms with Crippen molar-refractivity contribution in [1.29, 1.82) is 0 Å². The van der Waals surface area contributed by atoms with Gasteiger partial charge in [-0.2, -0.15) is 0 Å². The molecule has 1 aromatic heterocycles. The minimum Gasteiger partial charge on any atom is -0.381 e. The average molecular weight is 341 g/mol. The summed E-state index contributed by atoms with van der Waals surface area (Å²) in [6.07, 6.45) is 5.11. The Morgan fingerprint density at radius 2 is 2.20 bits per heavy atom. The molecule has 130 valence electrons. The number of imidazole rings is 1. The molecule has 1 unspecified atom stereocenters. The largest absolute Gasteiger partial charge is 0.381 e. The first-order valence-electron chi connectivity index (χ1n) is 8.31. The molecule has 0 saturated carbocycles. The molecule has 8 heteroatoms. The van der Waals surface area contributed by atoms with Crippen molar-refractivity contribution in [3.63, 3.8) is 0 Å². The number of nitrogens with zero attached hydrogens (tertiary/aromatic N) is 5. The van der Waals surface area contributed by atoms with Crippen LogP contribution in [0.25, 0.3) is 11.0 Å². The smallest absolute Gasteiger partial charge is 0.303 e. The molecule has 8 nitrogen and oxygen atoms in total. The zero-order valence-electron chi connectivity index (χ0n) is 13.9. The van der Waals surface area contributed by atoms with Crippen molar-refractivity contribution in [1.82, 2.24) is 14.5 Å². The highest BCUT2D eigenvalue weighted by molar-refractivity contribution is 5.77. The predicted molar refractivity (Wildman–Crippen MR) is 92.6 cm³/mol. The Kier molecular flexibility index (Phi) is 3.96. The summed E-state index contributed by atoms with van der Waals surface area (Å²) in [5, 5.41) is 11.2. The summed E-state index contributed by atoms with van der Waals surface area (Å²) in [5.41, 5.74) is 1.83. The van der Waals surface area contributed by atoms with Crippen LogP contribution in [0.1, 0.15) is 19.6 Å². The highest BCUT2D eigenvalue weighted by atomic mass is 16.6. The van der Waals surface area contributed by atoms with E-state index in [4.69, 9.17) is 4.74 Å². The van der Waals surface area contributed by atoms with Crippen molar-refractivity contribution in [3.8, 4) is 0 Å². The second-order valence-electron chi connectivity index (χ2n) is 6.43. The van der Waals surface area contributed by atoms with Crippen LogP contribution >= 0.6 is 0 Å². The van der Waals surface area contributed by atoms with E-state index in [-0.39, 0.29) is 23.9 Å². The first kappa shape index (κ1) is 15.8. The fourth-order valence-electron chi connectivity index (χ4n) is 3.52. The molecule has 2 aliphatic rings. The Labute approximate surface area is 144 Å². The SMILES string of the molecule is C[C@@H]1COCC[C@@H]1N1C=C([N+](=O)[O-])C=NC1n1cnc2ccccc21. The van der Waals surface area contributed by atoms with Crippen molar-refractivity contribution >= 4 is 17.2 Å². The second kappa shape index (κ2) is 6.29. The number of benzene rings is 1. The topological polar surface area (TPSA) is 85.8 Å². The number of nitro groups is 1. The van der Waals surface area contributed by atoms with E-state index >= 15 is 0 Å². The third-order valence-corrected chi connectivity index (χ3v) is 4.81. The fraction of sp³-hybridized carbons (Fsp3) is 0.412. The molecule has 1 aromatic carbocycles. The molecule has 4 rings (SSSR count). The van der Waals surface area contributed by atoms with Crippen LogP contribution in [0.4, 0.5) is 0 Å². The molecule has 2 aromatic rings. The van der Waals surface area contributed by atoms with Gasteiger partial charge in [-0.3, -0.25) is 14.7 Å². The number of aromatic nitrogens is 2. The number of hydrogen-bond donors (Lipinski definition) is 0. The summed E-state index contributed by atoms with van der Waals surface area (Å²) in [7, 11) is 0. The van der Waals surface area contributed by atoms with Crippen molar-refractivity contribution in [2.24, 2.45) is 10.9 Å². The summed E-state index contributed by atoms with van der Waals surface area (Å²) in [4.78, 5) is 21.7. The maximum absolute atomic E-state index is 11.2. The second-order valence-corrected chi connectivity index (χ2v) is 6.43. The lowest BCUT2D eigenvalue weighted by molar-refractivity contribution is -0.416. The molecule has 0 radical (unpaired) electrons. The van der Waals surface area contributed by atoms with Gasteiger partial charge in [0.25, 0.3) is 0 Å². The van der Waals surface area contributed by atoms with Gasteiger partial charge in [-0.05, 0) is 18.6 Å². The highest BCUT2D eigenvalue weighted by Gasteiger charge is 2.35. The summed E-state index contributed by atoms with van der Waals surface area (Å²) in [5.74, 6) is 0.253.